The molecule has 0 radical (unpaired) electrons. The molecular formula is C20H20O4. The van der Waals surface area contributed by atoms with Crippen LogP contribution in [0.5, 0.6) is 11.5 Å². The topological polar surface area (TPSA) is 74.6 Å². The summed E-state index contributed by atoms with van der Waals surface area (Å²) in [6.07, 6.45) is 5.19. The molecular weight excluding hydrogens is 304 g/mol. The van der Waals surface area contributed by atoms with E-state index in [4.69, 9.17) is 0 Å². The molecule has 0 spiro atoms. The zero-order valence-corrected chi connectivity index (χ0v) is 13.7. The smallest absolute Gasteiger partial charge is 0.237 e. The second kappa shape index (κ2) is 7.59. The van der Waals surface area contributed by atoms with Crippen LogP contribution in [-0.4, -0.2) is 21.8 Å². The van der Waals surface area contributed by atoms with Crippen LogP contribution >= 0.6 is 0 Å². The number of allylic oxidation sites excluding steroid dienone is 1. The van der Waals surface area contributed by atoms with Crippen molar-refractivity contribution in [3.63, 3.8) is 0 Å². The first-order valence-electron chi connectivity index (χ1n) is 7.84. The van der Waals surface area contributed by atoms with E-state index in [1.807, 2.05) is 13.8 Å². The number of phenolic OH excluding ortho intramolecular Hbond substituents is 2. The van der Waals surface area contributed by atoms with Gasteiger partial charge in [0.25, 0.3) is 0 Å². The van der Waals surface area contributed by atoms with E-state index >= 15 is 0 Å². The van der Waals surface area contributed by atoms with Crippen molar-refractivity contribution in [1.29, 1.82) is 0 Å². The molecule has 0 heterocycles. The van der Waals surface area contributed by atoms with Crippen LogP contribution in [0, 0.1) is 0 Å². The van der Waals surface area contributed by atoms with Crippen molar-refractivity contribution in [1.82, 2.24) is 0 Å². The summed E-state index contributed by atoms with van der Waals surface area (Å²) in [5.74, 6) is -2.18. The first-order valence-corrected chi connectivity index (χ1v) is 7.84. The number of hydrogen-bond donors (Lipinski definition) is 2. The molecule has 0 aromatic heterocycles. The number of ketones is 2. The lowest BCUT2D eigenvalue weighted by Crippen LogP contribution is -2.15. The van der Waals surface area contributed by atoms with Gasteiger partial charge in [-0.1, -0.05) is 37.6 Å². The fraction of sp³-hybridized carbons (Fsp3) is 0.200. The minimum Gasteiger partial charge on any atom is -0.507 e. The Labute approximate surface area is 141 Å². The van der Waals surface area contributed by atoms with Crippen molar-refractivity contribution in [3.05, 3.63) is 64.7 Å². The summed E-state index contributed by atoms with van der Waals surface area (Å²) >= 11 is 0. The van der Waals surface area contributed by atoms with Crippen LogP contribution in [0.15, 0.2) is 42.5 Å². The second-order valence-electron chi connectivity index (χ2n) is 5.54. The Morgan fingerprint density at radius 3 is 2.12 bits per heavy atom. The Bertz CT molecular complexity index is 803. The SMILES string of the molecule is C/C=C/c1ccc(O)c(C(=O)C(=O)c2cc(CCC)ccc2O)c1. The fourth-order valence-electron chi connectivity index (χ4n) is 2.49. The number of carbonyl (C=O) groups excluding carboxylic acids is 2. The minimum atomic E-state index is -0.845. The molecule has 0 aliphatic heterocycles. The molecule has 0 atom stereocenters. The maximum atomic E-state index is 12.5. The van der Waals surface area contributed by atoms with Gasteiger partial charge in [-0.05, 0) is 48.7 Å². The van der Waals surface area contributed by atoms with Gasteiger partial charge in [0.1, 0.15) is 11.5 Å². The number of hydrogen-bond acceptors (Lipinski definition) is 4. The van der Waals surface area contributed by atoms with Crippen LogP contribution in [0.4, 0.5) is 0 Å². The largest absolute Gasteiger partial charge is 0.507 e. The summed E-state index contributed by atoms with van der Waals surface area (Å²) < 4.78 is 0. The first kappa shape index (κ1) is 17.5. The Kier molecular flexibility index (Phi) is 5.53. The number of benzene rings is 2. The van der Waals surface area contributed by atoms with Gasteiger partial charge in [-0.2, -0.15) is 0 Å². The molecule has 0 aliphatic rings. The molecule has 0 aliphatic carbocycles. The van der Waals surface area contributed by atoms with E-state index in [-0.39, 0.29) is 22.6 Å². The molecule has 0 saturated carbocycles. The Morgan fingerprint density at radius 2 is 1.54 bits per heavy atom. The third-order valence-electron chi connectivity index (χ3n) is 3.67. The predicted octanol–water partition coefficient (Wildman–Crippen LogP) is 4.15. The van der Waals surface area contributed by atoms with Crippen molar-refractivity contribution >= 4 is 17.6 Å². The van der Waals surface area contributed by atoms with E-state index < -0.39 is 11.6 Å². The number of carbonyl (C=O) groups is 2. The zero-order chi connectivity index (χ0) is 17.7. The zero-order valence-electron chi connectivity index (χ0n) is 13.7. The molecule has 24 heavy (non-hydrogen) atoms. The maximum absolute atomic E-state index is 12.5. The van der Waals surface area contributed by atoms with Crippen LogP contribution in [0.25, 0.3) is 6.08 Å². The molecule has 0 bridgehead atoms. The van der Waals surface area contributed by atoms with E-state index in [1.165, 1.54) is 24.3 Å². The molecule has 0 saturated heterocycles. The van der Waals surface area contributed by atoms with Crippen LogP contribution in [0.1, 0.15) is 52.1 Å². The highest BCUT2D eigenvalue weighted by Gasteiger charge is 2.24. The highest BCUT2D eigenvalue weighted by molar-refractivity contribution is 6.50. The van der Waals surface area contributed by atoms with Crippen LogP contribution in [-0.2, 0) is 6.42 Å². The lowest BCUT2D eigenvalue weighted by molar-refractivity contribution is 0.0813. The highest BCUT2D eigenvalue weighted by Crippen LogP contribution is 2.25. The van der Waals surface area contributed by atoms with Crippen molar-refractivity contribution in [3.8, 4) is 11.5 Å². The summed E-state index contributed by atoms with van der Waals surface area (Å²) in [6, 6.07) is 9.17. The Balaban J connectivity index is 2.41. The van der Waals surface area contributed by atoms with Gasteiger partial charge in [0.2, 0.25) is 11.6 Å². The molecule has 124 valence electrons. The lowest BCUT2D eigenvalue weighted by Gasteiger charge is -2.08. The molecule has 4 nitrogen and oxygen atoms in total. The molecule has 0 amide bonds. The summed E-state index contributed by atoms with van der Waals surface area (Å²) in [6.45, 7) is 3.83. The van der Waals surface area contributed by atoms with Gasteiger partial charge in [-0.25, -0.2) is 0 Å². The normalized spacial score (nSPS) is 10.9. The third kappa shape index (κ3) is 3.71. The summed E-state index contributed by atoms with van der Waals surface area (Å²) in [5, 5.41) is 19.8. The fourth-order valence-corrected chi connectivity index (χ4v) is 2.49. The van der Waals surface area contributed by atoms with Crippen LogP contribution < -0.4 is 0 Å². The standard InChI is InChI=1S/C20H20O4/c1-3-5-13-7-9-17(21)15(11-13)19(23)20(24)16-12-14(6-4-2)8-10-18(16)22/h3,5,7-12,21-22H,4,6H2,1-2H3/b5-3+. The third-order valence-corrected chi connectivity index (χ3v) is 3.67. The number of rotatable bonds is 6. The van der Waals surface area contributed by atoms with E-state index in [9.17, 15) is 19.8 Å². The molecule has 2 rings (SSSR count). The van der Waals surface area contributed by atoms with Crippen LogP contribution in [0.3, 0.4) is 0 Å². The maximum Gasteiger partial charge on any atom is 0.237 e. The van der Waals surface area contributed by atoms with Gasteiger partial charge in [-0.3, -0.25) is 9.59 Å². The predicted molar refractivity (Wildman–Crippen MR) is 93.6 cm³/mol. The van der Waals surface area contributed by atoms with E-state index in [1.54, 1.807) is 24.3 Å². The summed E-state index contributed by atoms with van der Waals surface area (Å²) in [5.41, 5.74) is 1.46. The molecule has 2 N–H and O–H groups in total. The molecule has 4 heteroatoms. The average molecular weight is 324 g/mol. The number of Topliss-reactive ketones (excluding diaryl/α,β-unsaturated/α-hetero) is 2. The van der Waals surface area contributed by atoms with E-state index in [2.05, 4.69) is 0 Å². The lowest BCUT2D eigenvalue weighted by atomic mass is 9.96. The Hall–Kier alpha value is -2.88. The van der Waals surface area contributed by atoms with Gasteiger partial charge < -0.3 is 10.2 Å². The quantitative estimate of drug-likeness (QED) is 0.618. The average Bonchev–Trinajstić information content (AvgIpc) is 2.57. The molecule has 0 unspecified atom stereocenters. The van der Waals surface area contributed by atoms with Gasteiger partial charge in [0.15, 0.2) is 0 Å². The molecule has 2 aromatic rings. The van der Waals surface area contributed by atoms with Gasteiger partial charge in [0, 0.05) is 0 Å². The molecule has 0 fully saturated rings. The number of aryl methyl sites for hydroxylation is 1. The van der Waals surface area contributed by atoms with Gasteiger partial charge in [-0.15, -0.1) is 0 Å². The molecule has 2 aromatic carbocycles. The summed E-state index contributed by atoms with van der Waals surface area (Å²) in [4.78, 5) is 25.0. The minimum absolute atomic E-state index is 0.0400. The Morgan fingerprint density at radius 1 is 0.958 bits per heavy atom. The second-order valence-corrected chi connectivity index (χ2v) is 5.54. The van der Waals surface area contributed by atoms with E-state index in [0.29, 0.717) is 5.56 Å². The number of phenols is 2. The van der Waals surface area contributed by atoms with Crippen molar-refractivity contribution in [2.24, 2.45) is 0 Å². The highest BCUT2D eigenvalue weighted by atomic mass is 16.3. The van der Waals surface area contributed by atoms with Gasteiger partial charge in [0.05, 0.1) is 11.1 Å². The van der Waals surface area contributed by atoms with Crippen molar-refractivity contribution < 1.29 is 19.8 Å². The summed E-state index contributed by atoms with van der Waals surface area (Å²) in [7, 11) is 0. The van der Waals surface area contributed by atoms with E-state index in [0.717, 1.165) is 18.4 Å². The van der Waals surface area contributed by atoms with Gasteiger partial charge >= 0.3 is 0 Å². The van der Waals surface area contributed by atoms with Crippen LogP contribution in [0.2, 0.25) is 0 Å². The first-order chi connectivity index (χ1) is 11.5. The van der Waals surface area contributed by atoms with Crippen molar-refractivity contribution in [2.75, 3.05) is 0 Å². The number of aromatic hydroxyl groups is 2. The van der Waals surface area contributed by atoms with Crippen molar-refractivity contribution in [2.45, 2.75) is 26.7 Å². The monoisotopic (exact) mass is 324 g/mol.